The van der Waals surface area contributed by atoms with Crippen LogP contribution in [-0.2, 0) is 9.47 Å². The normalized spacial score (nSPS) is 33.0. The first-order chi connectivity index (χ1) is 4.27. The predicted octanol–water partition coefficient (Wildman–Crippen LogP) is 0.391. The lowest BCUT2D eigenvalue weighted by molar-refractivity contribution is -0.219. The second-order valence-electron chi connectivity index (χ2n) is 2.36. The minimum absolute atomic E-state index is 0. The number of morpholine rings is 1. The summed E-state index contributed by atoms with van der Waals surface area (Å²) in [7, 11) is 1.66. The molecule has 62 valence electrons. The number of hydrogen-bond acceptors (Lipinski definition) is 3. The van der Waals surface area contributed by atoms with Crippen molar-refractivity contribution in [2.24, 2.45) is 0 Å². The first kappa shape index (κ1) is 10.2. The Morgan fingerprint density at radius 2 is 2.30 bits per heavy atom. The lowest BCUT2D eigenvalue weighted by Crippen LogP contribution is -2.48. The first-order valence-corrected chi connectivity index (χ1v) is 3.17. The van der Waals surface area contributed by atoms with E-state index in [0.29, 0.717) is 0 Å². The summed E-state index contributed by atoms with van der Waals surface area (Å²) >= 11 is 0. The molecule has 1 heterocycles. The molecular weight excluding hydrogens is 154 g/mol. The van der Waals surface area contributed by atoms with E-state index in [9.17, 15) is 0 Å². The van der Waals surface area contributed by atoms with E-state index in [1.807, 2.05) is 6.92 Å². The quantitative estimate of drug-likeness (QED) is 0.613. The van der Waals surface area contributed by atoms with Gasteiger partial charge in [0.2, 0.25) is 0 Å². The molecule has 0 amide bonds. The number of ether oxygens (including phenoxy) is 2. The molecule has 1 aliphatic heterocycles. The third-order valence-electron chi connectivity index (χ3n) is 1.56. The van der Waals surface area contributed by atoms with E-state index < -0.39 is 5.79 Å². The molecule has 1 N–H and O–H groups in total. The molecule has 1 fully saturated rings. The van der Waals surface area contributed by atoms with Gasteiger partial charge < -0.3 is 14.8 Å². The van der Waals surface area contributed by atoms with E-state index in [1.54, 1.807) is 7.11 Å². The smallest absolute Gasteiger partial charge is 0.177 e. The molecule has 0 aromatic carbocycles. The van der Waals surface area contributed by atoms with Gasteiger partial charge in [-0.3, -0.25) is 0 Å². The van der Waals surface area contributed by atoms with Gasteiger partial charge in [0.25, 0.3) is 0 Å². The van der Waals surface area contributed by atoms with Gasteiger partial charge in [-0.25, -0.2) is 0 Å². The molecule has 1 atom stereocenters. The van der Waals surface area contributed by atoms with Gasteiger partial charge in [-0.1, -0.05) is 0 Å². The van der Waals surface area contributed by atoms with Crippen LogP contribution in [0.25, 0.3) is 0 Å². The highest BCUT2D eigenvalue weighted by molar-refractivity contribution is 5.85. The molecule has 0 spiro atoms. The zero-order chi connectivity index (χ0) is 6.74. The Labute approximate surface area is 67.5 Å². The Morgan fingerprint density at radius 1 is 1.60 bits per heavy atom. The van der Waals surface area contributed by atoms with Crippen LogP contribution in [-0.4, -0.2) is 32.6 Å². The van der Waals surface area contributed by atoms with Crippen LogP contribution in [0.2, 0.25) is 0 Å². The SMILES string of the molecule is CO[C@@]1(C)CNCCO1.Cl. The number of hydrogen-bond donors (Lipinski definition) is 1. The minimum Gasteiger partial charge on any atom is -0.352 e. The standard InChI is InChI=1S/C6H13NO2.ClH/c1-6(8-2)5-7-3-4-9-6;/h7H,3-5H2,1-2H3;1H/t6-;/m1./s1. The zero-order valence-corrected chi connectivity index (χ0v) is 7.16. The molecule has 0 bridgehead atoms. The monoisotopic (exact) mass is 167 g/mol. The predicted molar refractivity (Wildman–Crippen MR) is 41.5 cm³/mol. The van der Waals surface area contributed by atoms with Crippen LogP contribution in [0, 0.1) is 0 Å². The van der Waals surface area contributed by atoms with Crippen molar-refractivity contribution in [2.75, 3.05) is 26.8 Å². The van der Waals surface area contributed by atoms with Crippen molar-refractivity contribution in [3.05, 3.63) is 0 Å². The van der Waals surface area contributed by atoms with E-state index in [0.717, 1.165) is 19.7 Å². The van der Waals surface area contributed by atoms with E-state index in [-0.39, 0.29) is 12.4 Å². The summed E-state index contributed by atoms with van der Waals surface area (Å²) in [6.45, 7) is 4.38. The second kappa shape index (κ2) is 4.13. The number of methoxy groups -OCH3 is 1. The summed E-state index contributed by atoms with van der Waals surface area (Å²) in [6.07, 6.45) is 0. The number of nitrogens with one attached hydrogen (secondary N) is 1. The van der Waals surface area contributed by atoms with Crippen molar-refractivity contribution in [3.8, 4) is 0 Å². The van der Waals surface area contributed by atoms with Gasteiger partial charge in [0, 0.05) is 20.2 Å². The van der Waals surface area contributed by atoms with Crippen LogP contribution in [0.3, 0.4) is 0 Å². The van der Waals surface area contributed by atoms with Gasteiger partial charge in [0.15, 0.2) is 5.79 Å². The van der Waals surface area contributed by atoms with Crippen molar-refractivity contribution >= 4 is 12.4 Å². The summed E-state index contributed by atoms with van der Waals surface area (Å²) in [5, 5.41) is 3.18. The average molecular weight is 168 g/mol. The van der Waals surface area contributed by atoms with Crippen molar-refractivity contribution in [1.82, 2.24) is 5.32 Å². The molecule has 0 saturated carbocycles. The van der Waals surface area contributed by atoms with Gasteiger partial charge in [-0.05, 0) is 6.92 Å². The van der Waals surface area contributed by atoms with Crippen LogP contribution in [0.5, 0.6) is 0 Å². The third-order valence-corrected chi connectivity index (χ3v) is 1.56. The van der Waals surface area contributed by atoms with Crippen LogP contribution < -0.4 is 5.32 Å². The Morgan fingerprint density at radius 3 is 2.60 bits per heavy atom. The molecule has 1 rings (SSSR count). The molecule has 10 heavy (non-hydrogen) atoms. The largest absolute Gasteiger partial charge is 0.352 e. The van der Waals surface area contributed by atoms with E-state index in [1.165, 1.54) is 0 Å². The van der Waals surface area contributed by atoms with Gasteiger partial charge in [0.05, 0.1) is 6.61 Å². The van der Waals surface area contributed by atoms with Crippen LogP contribution in [0.4, 0.5) is 0 Å². The van der Waals surface area contributed by atoms with Crippen LogP contribution in [0.15, 0.2) is 0 Å². The Hall–Kier alpha value is 0.170. The topological polar surface area (TPSA) is 30.5 Å². The molecule has 0 aliphatic carbocycles. The maximum Gasteiger partial charge on any atom is 0.177 e. The Balaban J connectivity index is 0.000000810. The number of rotatable bonds is 1. The van der Waals surface area contributed by atoms with Gasteiger partial charge in [0.1, 0.15) is 0 Å². The summed E-state index contributed by atoms with van der Waals surface area (Å²) in [5.74, 6) is -0.391. The fourth-order valence-electron chi connectivity index (χ4n) is 0.837. The summed E-state index contributed by atoms with van der Waals surface area (Å²) < 4.78 is 10.4. The van der Waals surface area contributed by atoms with E-state index in [2.05, 4.69) is 5.32 Å². The molecular formula is C6H14ClNO2. The highest BCUT2D eigenvalue weighted by Crippen LogP contribution is 2.11. The third kappa shape index (κ3) is 2.42. The fraction of sp³-hybridized carbons (Fsp3) is 1.00. The molecule has 1 saturated heterocycles. The van der Waals surface area contributed by atoms with Gasteiger partial charge >= 0.3 is 0 Å². The average Bonchev–Trinajstić information content (AvgIpc) is 1.90. The second-order valence-corrected chi connectivity index (χ2v) is 2.36. The lowest BCUT2D eigenvalue weighted by atomic mass is 10.3. The van der Waals surface area contributed by atoms with Crippen molar-refractivity contribution in [1.29, 1.82) is 0 Å². The first-order valence-electron chi connectivity index (χ1n) is 3.17. The molecule has 1 aliphatic rings. The van der Waals surface area contributed by atoms with Gasteiger partial charge in [-0.2, -0.15) is 0 Å². The Bertz CT molecular complexity index is 93.7. The highest BCUT2D eigenvalue weighted by Gasteiger charge is 2.26. The van der Waals surface area contributed by atoms with Gasteiger partial charge in [-0.15, -0.1) is 12.4 Å². The minimum atomic E-state index is -0.391. The Kier molecular flexibility index (Phi) is 4.20. The summed E-state index contributed by atoms with van der Waals surface area (Å²) in [4.78, 5) is 0. The maximum absolute atomic E-state index is 5.33. The molecule has 3 nitrogen and oxygen atoms in total. The molecule has 0 aromatic heterocycles. The van der Waals surface area contributed by atoms with E-state index >= 15 is 0 Å². The highest BCUT2D eigenvalue weighted by atomic mass is 35.5. The summed E-state index contributed by atoms with van der Waals surface area (Å²) in [6, 6.07) is 0. The van der Waals surface area contributed by atoms with E-state index in [4.69, 9.17) is 9.47 Å². The zero-order valence-electron chi connectivity index (χ0n) is 6.35. The van der Waals surface area contributed by atoms with Crippen molar-refractivity contribution < 1.29 is 9.47 Å². The van der Waals surface area contributed by atoms with Crippen LogP contribution in [0.1, 0.15) is 6.92 Å². The lowest BCUT2D eigenvalue weighted by Gasteiger charge is -2.32. The molecule has 0 aromatic rings. The molecule has 0 unspecified atom stereocenters. The van der Waals surface area contributed by atoms with Crippen molar-refractivity contribution in [3.63, 3.8) is 0 Å². The molecule has 4 heteroatoms. The fourth-order valence-corrected chi connectivity index (χ4v) is 0.837. The van der Waals surface area contributed by atoms with Crippen LogP contribution >= 0.6 is 12.4 Å². The molecule has 0 radical (unpaired) electrons. The van der Waals surface area contributed by atoms with Crippen molar-refractivity contribution in [2.45, 2.75) is 12.7 Å². The summed E-state index contributed by atoms with van der Waals surface area (Å²) in [5.41, 5.74) is 0. The number of halogens is 1. The maximum atomic E-state index is 5.33.